The maximum atomic E-state index is 9.25. The average molecular weight is 184 g/mol. The molecule has 1 aromatic rings. The van der Waals surface area contributed by atoms with Crippen LogP contribution >= 0.6 is 0 Å². The molecule has 0 radical (unpaired) electrons. The molecule has 1 aromatic carbocycles. The Morgan fingerprint density at radius 1 is 1.38 bits per heavy atom. The first kappa shape index (κ1) is 9.67. The standard InChI is InChI=1S/C9H12O4/c1-6(10)5-13-8-4-2-3-7(11)9(8)12/h2-4,6,10-12H,5H2,1H3. The van der Waals surface area contributed by atoms with Gasteiger partial charge in [-0.1, -0.05) is 6.07 Å². The van der Waals surface area contributed by atoms with Crippen molar-refractivity contribution >= 4 is 0 Å². The Bertz CT molecular complexity index is 283. The van der Waals surface area contributed by atoms with E-state index in [0.29, 0.717) is 0 Å². The highest BCUT2D eigenvalue weighted by Crippen LogP contribution is 2.34. The van der Waals surface area contributed by atoms with Crippen LogP contribution in [0, 0.1) is 0 Å². The van der Waals surface area contributed by atoms with E-state index in [1.807, 2.05) is 0 Å². The van der Waals surface area contributed by atoms with Gasteiger partial charge in [0.1, 0.15) is 6.61 Å². The zero-order chi connectivity index (χ0) is 9.84. The van der Waals surface area contributed by atoms with Crippen LogP contribution in [-0.2, 0) is 0 Å². The van der Waals surface area contributed by atoms with E-state index < -0.39 is 6.10 Å². The number of phenolic OH excluding ortho intramolecular Hbond substituents is 2. The summed E-state index contributed by atoms with van der Waals surface area (Å²) in [6, 6.07) is 4.41. The Balaban J connectivity index is 2.71. The van der Waals surface area contributed by atoms with Gasteiger partial charge in [-0.05, 0) is 19.1 Å². The quantitative estimate of drug-likeness (QED) is 0.609. The number of aromatic hydroxyl groups is 2. The smallest absolute Gasteiger partial charge is 0.200 e. The number of aliphatic hydroxyl groups excluding tert-OH is 1. The lowest BCUT2D eigenvalue weighted by Gasteiger charge is -2.09. The fourth-order valence-electron chi connectivity index (χ4n) is 0.838. The van der Waals surface area contributed by atoms with Crippen LogP contribution < -0.4 is 4.74 Å². The molecule has 0 aliphatic heterocycles. The summed E-state index contributed by atoms with van der Waals surface area (Å²) in [6.07, 6.45) is -0.609. The third-order valence-electron chi connectivity index (χ3n) is 1.46. The summed E-state index contributed by atoms with van der Waals surface area (Å²) >= 11 is 0. The van der Waals surface area contributed by atoms with Gasteiger partial charge in [0, 0.05) is 0 Å². The van der Waals surface area contributed by atoms with Crippen molar-refractivity contribution in [1.29, 1.82) is 0 Å². The number of ether oxygens (including phenoxy) is 1. The molecule has 13 heavy (non-hydrogen) atoms. The Morgan fingerprint density at radius 2 is 2.08 bits per heavy atom. The highest BCUT2D eigenvalue weighted by Gasteiger charge is 2.07. The van der Waals surface area contributed by atoms with Gasteiger partial charge in [-0.2, -0.15) is 0 Å². The lowest BCUT2D eigenvalue weighted by atomic mass is 10.3. The topological polar surface area (TPSA) is 69.9 Å². The van der Waals surface area contributed by atoms with Gasteiger partial charge in [-0.3, -0.25) is 0 Å². The number of aliphatic hydroxyl groups is 1. The fourth-order valence-corrected chi connectivity index (χ4v) is 0.838. The molecule has 3 N–H and O–H groups in total. The molecule has 4 nitrogen and oxygen atoms in total. The first-order valence-corrected chi connectivity index (χ1v) is 3.93. The van der Waals surface area contributed by atoms with E-state index in [1.54, 1.807) is 13.0 Å². The van der Waals surface area contributed by atoms with Crippen molar-refractivity contribution in [2.45, 2.75) is 13.0 Å². The highest BCUT2D eigenvalue weighted by atomic mass is 16.5. The van der Waals surface area contributed by atoms with E-state index in [4.69, 9.17) is 14.9 Å². The van der Waals surface area contributed by atoms with Gasteiger partial charge in [0.05, 0.1) is 6.10 Å². The van der Waals surface area contributed by atoms with E-state index in [0.717, 1.165) is 0 Å². The third-order valence-corrected chi connectivity index (χ3v) is 1.46. The highest BCUT2D eigenvalue weighted by molar-refractivity contribution is 5.48. The first-order valence-electron chi connectivity index (χ1n) is 3.93. The van der Waals surface area contributed by atoms with E-state index in [9.17, 15) is 5.11 Å². The van der Waals surface area contributed by atoms with Crippen molar-refractivity contribution in [2.24, 2.45) is 0 Å². The molecule has 0 aliphatic carbocycles. The molecule has 0 heterocycles. The summed E-state index contributed by atoms with van der Waals surface area (Å²) in [4.78, 5) is 0. The van der Waals surface area contributed by atoms with Gasteiger partial charge in [0.15, 0.2) is 11.5 Å². The van der Waals surface area contributed by atoms with Crippen LogP contribution in [0.25, 0.3) is 0 Å². The number of rotatable bonds is 3. The molecule has 0 aromatic heterocycles. The molecule has 0 amide bonds. The van der Waals surface area contributed by atoms with Crippen molar-refractivity contribution < 1.29 is 20.1 Å². The van der Waals surface area contributed by atoms with Gasteiger partial charge in [0.25, 0.3) is 0 Å². The minimum Gasteiger partial charge on any atom is -0.504 e. The molecule has 0 saturated carbocycles. The Labute approximate surface area is 76.0 Å². The van der Waals surface area contributed by atoms with Gasteiger partial charge in [-0.15, -0.1) is 0 Å². The number of phenols is 2. The van der Waals surface area contributed by atoms with Crippen LogP contribution in [0.3, 0.4) is 0 Å². The summed E-state index contributed by atoms with van der Waals surface area (Å²) < 4.78 is 5.02. The second-order valence-electron chi connectivity index (χ2n) is 2.78. The minimum absolute atomic E-state index is 0.0804. The first-order chi connectivity index (χ1) is 6.11. The molecule has 0 saturated heterocycles. The molecule has 0 fully saturated rings. The van der Waals surface area contributed by atoms with Crippen molar-refractivity contribution in [3.05, 3.63) is 18.2 Å². The molecule has 72 valence electrons. The van der Waals surface area contributed by atoms with E-state index in [2.05, 4.69) is 0 Å². The minimum atomic E-state index is -0.609. The fraction of sp³-hybridized carbons (Fsp3) is 0.333. The zero-order valence-electron chi connectivity index (χ0n) is 7.27. The normalized spacial score (nSPS) is 12.5. The van der Waals surface area contributed by atoms with Crippen LogP contribution in [0.15, 0.2) is 18.2 Å². The lowest BCUT2D eigenvalue weighted by Crippen LogP contribution is -2.12. The molecular weight excluding hydrogens is 172 g/mol. The largest absolute Gasteiger partial charge is 0.504 e. The van der Waals surface area contributed by atoms with Crippen LogP contribution in [0.2, 0.25) is 0 Å². The van der Waals surface area contributed by atoms with Gasteiger partial charge >= 0.3 is 0 Å². The van der Waals surface area contributed by atoms with Gasteiger partial charge < -0.3 is 20.1 Å². The predicted octanol–water partition coefficient (Wildman–Crippen LogP) is 0.857. The summed E-state index contributed by atoms with van der Waals surface area (Å²) in [5, 5.41) is 27.2. The van der Waals surface area contributed by atoms with E-state index in [1.165, 1.54) is 12.1 Å². The molecule has 0 spiro atoms. The molecular formula is C9H12O4. The van der Waals surface area contributed by atoms with E-state index in [-0.39, 0.29) is 23.9 Å². The van der Waals surface area contributed by atoms with Crippen LogP contribution in [0.1, 0.15) is 6.92 Å². The lowest BCUT2D eigenvalue weighted by molar-refractivity contribution is 0.120. The number of hydrogen-bond acceptors (Lipinski definition) is 4. The van der Waals surface area contributed by atoms with Crippen molar-refractivity contribution in [2.75, 3.05) is 6.61 Å². The van der Waals surface area contributed by atoms with Crippen LogP contribution in [0.4, 0.5) is 0 Å². The van der Waals surface area contributed by atoms with Gasteiger partial charge in [0.2, 0.25) is 5.75 Å². The van der Waals surface area contributed by atoms with Gasteiger partial charge in [-0.25, -0.2) is 0 Å². The molecule has 0 aliphatic rings. The Kier molecular flexibility index (Phi) is 2.97. The second kappa shape index (κ2) is 4.00. The monoisotopic (exact) mass is 184 g/mol. The molecule has 1 atom stereocenters. The number of para-hydroxylation sites is 1. The van der Waals surface area contributed by atoms with Crippen molar-refractivity contribution in [3.63, 3.8) is 0 Å². The predicted molar refractivity (Wildman–Crippen MR) is 46.9 cm³/mol. The van der Waals surface area contributed by atoms with Crippen molar-refractivity contribution in [3.8, 4) is 17.2 Å². The average Bonchev–Trinajstić information content (AvgIpc) is 2.07. The number of hydrogen-bond donors (Lipinski definition) is 3. The maximum absolute atomic E-state index is 9.25. The summed E-state index contributed by atoms with van der Waals surface area (Å²) in [5.41, 5.74) is 0. The second-order valence-corrected chi connectivity index (χ2v) is 2.78. The Morgan fingerprint density at radius 3 is 2.69 bits per heavy atom. The summed E-state index contributed by atoms with van der Waals surface area (Å²) in [7, 11) is 0. The molecule has 4 heteroatoms. The zero-order valence-corrected chi connectivity index (χ0v) is 7.27. The molecule has 1 unspecified atom stereocenters. The third kappa shape index (κ3) is 2.52. The summed E-state index contributed by atoms with van der Waals surface area (Å²) in [5.74, 6) is -0.368. The Hall–Kier alpha value is -1.42. The summed E-state index contributed by atoms with van der Waals surface area (Å²) in [6.45, 7) is 1.65. The molecule has 1 rings (SSSR count). The SMILES string of the molecule is CC(O)COc1cccc(O)c1O. The van der Waals surface area contributed by atoms with Crippen molar-refractivity contribution in [1.82, 2.24) is 0 Å². The number of benzene rings is 1. The van der Waals surface area contributed by atoms with E-state index >= 15 is 0 Å². The van der Waals surface area contributed by atoms with Crippen LogP contribution in [0.5, 0.6) is 17.2 Å². The molecule has 0 bridgehead atoms. The van der Waals surface area contributed by atoms with Crippen LogP contribution in [-0.4, -0.2) is 28.0 Å². The maximum Gasteiger partial charge on any atom is 0.200 e.